The lowest BCUT2D eigenvalue weighted by molar-refractivity contribution is 0.777. The molecule has 0 unspecified atom stereocenters. The average Bonchev–Trinajstić information content (AvgIpc) is 2.31. The van der Waals surface area contributed by atoms with E-state index in [4.69, 9.17) is 5.73 Å². The summed E-state index contributed by atoms with van der Waals surface area (Å²) in [6.07, 6.45) is 5.23. The van der Waals surface area contributed by atoms with Gasteiger partial charge in [-0.15, -0.1) is 0 Å². The number of pyridine rings is 1. The Balaban J connectivity index is 2.11. The summed E-state index contributed by atoms with van der Waals surface area (Å²) >= 11 is 1.48. The fraction of sp³-hybridized carbons (Fsp3) is 0.182. The third-order valence-corrected chi connectivity index (χ3v) is 2.85. The third-order valence-electron chi connectivity index (χ3n) is 1.98. The number of hydrogen-bond acceptors (Lipinski definition) is 5. The van der Waals surface area contributed by atoms with Crippen molar-refractivity contribution in [3.05, 3.63) is 42.5 Å². The molecule has 0 saturated heterocycles. The van der Waals surface area contributed by atoms with Crippen LogP contribution in [-0.2, 0) is 0 Å². The lowest BCUT2D eigenvalue weighted by Gasteiger charge is -2.04. The van der Waals surface area contributed by atoms with Crippen molar-refractivity contribution in [2.45, 2.75) is 23.0 Å². The molecule has 2 rings (SSSR count). The highest BCUT2D eigenvalue weighted by molar-refractivity contribution is 7.99. The lowest BCUT2D eigenvalue weighted by Crippen LogP contribution is -2.06. The van der Waals surface area contributed by atoms with Crippen LogP contribution < -0.4 is 5.73 Å². The molecule has 0 radical (unpaired) electrons. The Morgan fingerprint density at radius 3 is 2.50 bits per heavy atom. The van der Waals surface area contributed by atoms with E-state index in [-0.39, 0.29) is 6.04 Å². The third kappa shape index (κ3) is 2.77. The monoisotopic (exact) mass is 232 g/mol. The molecule has 2 aromatic rings. The Hall–Kier alpha value is -1.46. The molecule has 82 valence electrons. The zero-order valence-electron chi connectivity index (χ0n) is 8.87. The lowest BCUT2D eigenvalue weighted by atomic mass is 10.2. The predicted molar refractivity (Wildman–Crippen MR) is 63.0 cm³/mol. The first-order chi connectivity index (χ1) is 7.75. The van der Waals surface area contributed by atoms with Gasteiger partial charge in [-0.1, -0.05) is 0 Å². The molecule has 0 aromatic carbocycles. The van der Waals surface area contributed by atoms with E-state index in [1.54, 1.807) is 24.7 Å². The van der Waals surface area contributed by atoms with Gasteiger partial charge in [0.05, 0.1) is 5.69 Å². The second-order valence-corrected chi connectivity index (χ2v) is 4.38. The highest BCUT2D eigenvalue weighted by Gasteiger charge is 2.03. The van der Waals surface area contributed by atoms with Gasteiger partial charge in [0.1, 0.15) is 0 Å². The molecular weight excluding hydrogens is 220 g/mol. The van der Waals surface area contributed by atoms with Crippen LogP contribution in [0, 0.1) is 0 Å². The van der Waals surface area contributed by atoms with E-state index >= 15 is 0 Å². The van der Waals surface area contributed by atoms with E-state index in [1.807, 2.05) is 19.1 Å². The van der Waals surface area contributed by atoms with Crippen LogP contribution in [0.4, 0.5) is 0 Å². The van der Waals surface area contributed by atoms with Gasteiger partial charge in [0.15, 0.2) is 5.16 Å². The molecule has 0 aliphatic rings. The van der Waals surface area contributed by atoms with Gasteiger partial charge in [-0.3, -0.25) is 4.98 Å². The summed E-state index contributed by atoms with van der Waals surface area (Å²) in [6.45, 7) is 1.91. The van der Waals surface area contributed by atoms with Crippen molar-refractivity contribution >= 4 is 11.8 Å². The molecule has 0 spiro atoms. The summed E-state index contributed by atoms with van der Waals surface area (Å²) in [5, 5.41) is 0.720. The van der Waals surface area contributed by atoms with Gasteiger partial charge in [-0.05, 0) is 36.9 Å². The van der Waals surface area contributed by atoms with Crippen LogP contribution in [0.3, 0.4) is 0 Å². The largest absolute Gasteiger partial charge is 0.323 e. The Bertz CT molecular complexity index is 441. The van der Waals surface area contributed by atoms with E-state index in [2.05, 4.69) is 15.0 Å². The standard InChI is InChI=1S/C11H12N4S/c1-8(12)10-4-3-9(7-15-10)16-11-13-5-2-6-14-11/h2-8H,12H2,1H3/t8-/m1/s1. The topological polar surface area (TPSA) is 64.7 Å². The fourth-order valence-electron chi connectivity index (χ4n) is 1.16. The molecule has 16 heavy (non-hydrogen) atoms. The van der Waals surface area contributed by atoms with Crippen molar-refractivity contribution in [2.24, 2.45) is 5.73 Å². The Morgan fingerprint density at radius 1 is 1.19 bits per heavy atom. The van der Waals surface area contributed by atoms with E-state index in [1.165, 1.54) is 11.8 Å². The van der Waals surface area contributed by atoms with Gasteiger partial charge in [0, 0.05) is 29.5 Å². The van der Waals surface area contributed by atoms with Crippen molar-refractivity contribution in [1.29, 1.82) is 0 Å². The van der Waals surface area contributed by atoms with Crippen LogP contribution in [0.2, 0.25) is 0 Å². The molecular formula is C11H12N4S. The van der Waals surface area contributed by atoms with E-state index in [0.717, 1.165) is 15.7 Å². The van der Waals surface area contributed by atoms with Gasteiger partial charge in [0.2, 0.25) is 0 Å². The smallest absolute Gasteiger partial charge is 0.192 e. The van der Waals surface area contributed by atoms with Gasteiger partial charge in [-0.2, -0.15) is 0 Å². The van der Waals surface area contributed by atoms with E-state index in [0.29, 0.717) is 0 Å². The number of nitrogens with zero attached hydrogens (tertiary/aromatic N) is 3. The number of aromatic nitrogens is 3. The normalized spacial score (nSPS) is 12.4. The van der Waals surface area contributed by atoms with Crippen LogP contribution in [-0.4, -0.2) is 15.0 Å². The minimum atomic E-state index is -0.0352. The van der Waals surface area contributed by atoms with Crippen LogP contribution >= 0.6 is 11.8 Å². The highest BCUT2D eigenvalue weighted by Crippen LogP contribution is 2.23. The van der Waals surface area contributed by atoms with Crippen molar-refractivity contribution in [3.8, 4) is 0 Å². The van der Waals surface area contributed by atoms with Crippen molar-refractivity contribution in [2.75, 3.05) is 0 Å². The summed E-state index contributed by atoms with van der Waals surface area (Å²) < 4.78 is 0. The average molecular weight is 232 g/mol. The van der Waals surface area contributed by atoms with Gasteiger partial charge < -0.3 is 5.73 Å². The van der Waals surface area contributed by atoms with Crippen LogP contribution in [0.15, 0.2) is 46.8 Å². The summed E-state index contributed by atoms with van der Waals surface area (Å²) in [5.74, 6) is 0. The first kappa shape index (κ1) is 11.0. The second-order valence-electron chi connectivity index (χ2n) is 3.34. The fourth-order valence-corrected chi connectivity index (χ4v) is 1.84. The second kappa shape index (κ2) is 5.05. The minimum Gasteiger partial charge on any atom is -0.323 e. The maximum absolute atomic E-state index is 5.72. The summed E-state index contributed by atoms with van der Waals surface area (Å²) in [7, 11) is 0. The van der Waals surface area contributed by atoms with E-state index in [9.17, 15) is 0 Å². The molecule has 2 heterocycles. The molecule has 5 heteroatoms. The molecule has 4 nitrogen and oxygen atoms in total. The van der Waals surface area contributed by atoms with Crippen LogP contribution in [0.5, 0.6) is 0 Å². The maximum atomic E-state index is 5.72. The molecule has 2 aromatic heterocycles. The predicted octanol–water partition coefficient (Wildman–Crippen LogP) is 2.04. The zero-order valence-corrected chi connectivity index (χ0v) is 9.69. The van der Waals surface area contributed by atoms with Crippen molar-refractivity contribution < 1.29 is 0 Å². The van der Waals surface area contributed by atoms with Gasteiger partial charge in [-0.25, -0.2) is 9.97 Å². The molecule has 0 bridgehead atoms. The van der Waals surface area contributed by atoms with Crippen LogP contribution in [0.1, 0.15) is 18.7 Å². The van der Waals surface area contributed by atoms with Crippen LogP contribution in [0.25, 0.3) is 0 Å². The molecule has 2 N–H and O–H groups in total. The van der Waals surface area contributed by atoms with Crippen molar-refractivity contribution in [3.63, 3.8) is 0 Å². The SMILES string of the molecule is C[C@@H](N)c1ccc(Sc2ncccn2)cn1. The minimum absolute atomic E-state index is 0.0352. The highest BCUT2D eigenvalue weighted by atomic mass is 32.2. The Labute approximate surface area is 98.3 Å². The Kier molecular flexibility index (Phi) is 3.48. The Morgan fingerprint density at radius 2 is 1.94 bits per heavy atom. The number of hydrogen-bond donors (Lipinski definition) is 1. The van der Waals surface area contributed by atoms with Crippen molar-refractivity contribution in [1.82, 2.24) is 15.0 Å². The van der Waals surface area contributed by atoms with Gasteiger partial charge in [0.25, 0.3) is 0 Å². The van der Waals surface area contributed by atoms with Gasteiger partial charge >= 0.3 is 0 Å². The van der Waals surface area contributed by atoms with E-state index < -0.39 is 0 Å². The molecule has 0 aliphatic carbocycles. The summed E-state index contributed by atoms with van der Waals surface area (Å²) in [4.78, 5) is 13.5. The molecule has 0 fully saturated rings. The number of rotatable bonds is 3. The summed E-state index contributed by atoms with van der Waals surface area (Å²) in [6, 6.07) is 5.66. The molecule has 1 atom stereocenters. The maximum Gasteiger partial charge on any atom is 0.192 e. The molecule has 0 saturated carbocycles. The first-order valence-electron chi connectivity index (χ1n) is 4.92. The molecule has 0 aliphatic heterocycles. The molecule has 0 amide bonds. The first-order valence-corrected chi connectivity index (χ1v) is 5.74. The number of nitrogens with two attached hydrogens (primary N) is 1. The summed E-state index contributed by atoms with van der Waals surface area (Å²) in [5.41, 5.74) is 6.61. The zero-order chi connectivity index (χ0) is 11.4. The quantitative estimate of drug-likeness (QED) is 0.820.